The van der Waals surface area contributed by atoms with E-state index in [0.29, 0.717) is 0 Å². The van der Waals surface area contributed by atoms with Crippen molar-refractivity contribution in [2.24, 2.45) is 5.73 Å². The Bertz CT molecular complexity index is 334. The third kappa shape index (κ3) is 2.59. The van der Waals surface area contributed by atoms with Gasteiger partial charge in [0.25, 0.3) is 5.08 Å². The van der Waals surface area contributed by atoms with E-state index >= 15 is 0 Å². The molecule has 0 aromatic carbocycles. The second kappa shape index (κ2) is 3.76. The van der Waals surface area contributed by atoms with Gasteiger partial charge in [-0.25, -0.2) is 0 Å². The van der Waals surface area contributed by atoms with Crippen LogP contribution in [-0.4, -0.2) is 36.3 Å². The minimum absolute atomic E-state index is 2.93. The van der Waals surface area contributed by atoms with E-state index < -0.39 is 33.2 Å². The van der Waals surface area contributed by atoms with Gasteiger partial charge in [-0.1, -0.05) is 0 Å². The molecule has 0 saturated heterocycles. The standard InChI is InChI=1S/C3H11NO7P2/c4-2-1-3(5,12(6,7)8)13(9,10)11/h5H,1-2,4H2,(H2,6,7,8)(H2,9,10,11)/i1D,2D2. The van der Waals surface area contributed by atoms with Crippen LogP contribution in [0.2, 0.25) is 0 Å². The molecule has 0 heterocycles. The van der Waals surface area contributed by atoms with Crippen LogP contribution in [0.15, 0.2) is 0 Å². The Hall–Kier alpha value is 0.220. The number of nitrogens with two attached hydrogens (primary N) is 1. The Kier molecular flexibility index (Phi) is 2.47. The van der Waals surface area contributed by atoms with Gasteiger partial charge in [-0.2, -0.15) is 0 Å². The Morgan fingerprint density at radius 1 is 1.23 bits per heavy atom. The van der Waals surface area contributed by atoms with Gasteiger partial charge >= 0.3 is 15.2 Å². The fraction of sp³-hybridized carbons (Fsp3) is 1.00. The topological polar surface area (TPSA) is 161 Å². The Morgan fingerprint density at radius 2 is 1.54 bits per heavy atom. The zero-order valence-corrected chi connectivity index (χ0v) is 7.89. The van der Waals surface area contributed by atoms with Crippen molar-refractivity contribution in [2.45, 2.75) is 11.5 Å². The van der Waals surface area contributed by atoms with E-state index in [2.05, 4.69) is 5.73 Å². The molecule has 0 radical (unpaired) electrons. The van der Waals surface area contributed by atoms with Crippen LogP contribution in [-0.2, 0) is 9.13 Å². The van der Waals surface area contributed by atoms with E-state index in [1.807, 2.05) is 0 Å². The van der Waals surface area contributed by atoms with Gasteiger partial charge in [0.05, 0.1) is 0 Å². The van der Waals surface area contributed by atoms with Crippen LogP contribution in [0.25, 0.3) is 0 Å². The lowest BCUT2D eigenvalue weighted by molar-refractivity contribution is 0.125. The SMILES string of the molecule is [2H]C(C([2H])([2H])N)C(O)(P(=O)(O)O)P(=O)(O)O. The molecule has 0 bridgehead atoms. The van der Waals surface area contributed by atoms with Crippen molar-refractivity contribution < 1.29 is 37.9 Å². The minimum atomic E-state index is -5.88. The number of hydrogen-bond donors (Lipinski definition) is 6. The van der Waals surface area contributed by atoms with Gasteiger partial charge in [0.15, 0.2) is 0 Å². The molecule has 0 aromatic rings. The highest BCUT2D eigenvalue weighted by molar-refractivity contribution is 7.72. The highest BCUT2D eigenvalue weighted by atomic mass is 31.2. The van der Waals surface area contributed by atoms with Crippen molar-refractivity contribution in [3.8, 4) is 0 Å². The predicted octanol–water partition coefficient (Wildman–Crippen LogP) is -1.66. The first kappa shape index (κ1) is 8.52. The molecule has 1 unspecified atom stereocenters. The molecule has 0 aliphatic carbocycles. The third-order valence-electron chi connectivity index (χ3n) is 1.13. The maximum absolute atomic E-state index is 10.8. The molecule has 0 saturated carbocycles. The first-order valence-corrected chi connectivity index (χ1v) is 5.93. The van der Waals surface area contributed by atoms with Crippen LogP contribution in [0.4, 0.5) is 0 Å². The second-order valence-electron chi connectivity index (χ2n) is 2.09. The van der Waals surface area contributed by atoms with Crippen LogP contribution in [0.3, 0.4) is 0 Å². The van der Waals surface area contributed by atoms with Crippen molar-refractivity contribution in [2.75, 3.05) is 6.50 Å². The van der Waals surface area contributed by atoms with Crippen LogP contribution < -0.4 is 5.73 Å². The van der Waals surface area contributed by atoms with Gasteiger partial charge in [0, 0.05) is 10.5 Å². The molecule has 7 N–H and O–H groups in total. The molecule has 0 aliphatic rings. The van der Waals surface area contributed by atoms with E-state index in [0.717, 1.165) is 0 Å². The van der Waals surface area contributed by atoms with Crippen molar-refractivity contribution in [1.82, 2.24) is 0 Å². The maximum atomic E-state index is 10.8. The molecular formula is C3H11NO7P2. The predicted molar refractivity (Wildman–Crippen MR) is 42.7 cm³/mol. The zero-order valence-electron chi connectivity index (χ0n) is 9.10. The molecule has 0 amide bonds. The van der Waals surface area contributed by atoms with Crippen molar-refractivity contribution in [3.05, 3.63) is 0 Å². The average Bonchev–Trinajstić information content (AvgIpc) is 1.95. The molecule has 0 rings (SSSR count). The lowest BCUT2D eigenvalue weighted by atomic mass is 10.5. The number of aliphatic hydroxyl groups is 1. The van der Waals surface area contributed by atoms with Crippen LogP contribution in [0, 0.1) is 0 Å². The number of rotatable bonds is 4. The van der Waals surface area contributed by atoms with Gasteiger partial charge < -0.3 is 30.4 Å². The first-order chi connectivity index (χ1) is 6.65. The van der Waals surface area contributed by atoms with E-state index in [1.54, 1.807) is 0 Å². The summed E-state index contributed by atoms with van der Waals surface area (Å²) in [5.74, 6) is 0. The fourth-order valence-corrected chi connectivity index (χ4v) is 2.29. The number of hydrogen-bond acceptors (Lipinski definition) is 4. The average molecular weight is 238 g/mol. The van der Waals surface area contributed by atoms with E-state index in [9.17, 15) is 14.2 Å². The van der Waals surface area contributed by atoms with Gasteiger partial charge in [-0.15, -0.1) is 0 Å². The summed E-state index contributed by atoms with van der Waals surface area (Å²) in [4.78, 5) is 34.5. The highest BCUT2D eigenvalue weighted by Gasteiger charge is 2.58. The minimum Gasteiger partial charge on any atom is -0.367 e. The van der Waals surface area contributed by atoms with E-state index in [1.165, 1.54) is 0 Å². The Balaban J connectivity index is 5.84. The quantitative estimate of drug-likeness (QED) is 0.317. The Morgan fingerprint density at radius 3 is 1.62 bits per heavy atom. The molecule has 13 heavy (non-hydrogen) atoms. The summed E-state index contributed by atoms with van der Waals surface area (Å²) in [6.45, 7) is -3.21. The molecule has 0 aromatic heterocycles. The highest BCUT2D eigenvalue weighted by Crippen LogP contribution is 2.68. The van der Waals surface area contributed by atoms with Gasteiger partial charge in [-0.3, -0.25) is 9.13 Å². The van der Waals surface area contributed by atoms with Crippen molar-refractivity contribution >= 4 is 15.2 Å². The summed E-state index contributed by atoms with van der Waals surface area (Å²) >= 11 is 0. The van der Waals surface area contributed by atoms with E-state index in [-0.39, 0.29) is 0 Å². The monoisotopic (exact) mass is 238 g/mol. The van der Waals surface area contributed by atoms with Gasteiger partial charge in [0.1, 0.15) is 0 Å². The largest absolute Gasteiger partial charge is 0.369 e. The fourth-order valence-electron chi connectivity index (χ4n) is 0.450. The molecule has 0 aliphatic heterocycles. The summed E-state index contributed by atoms with van der Waals surface area (Å²) in [6, 6.07) is 0. The first-order valence-electron chi connectivity index (χ1n) is 4.28. The van der Waals surface area contributed by atoms with Crippen molar-refractivity contribution in [3.63, 3.8) is 0 Å². The molecule has 0 fully saturated rings. The van der Waals surface area contributed by atoms with Crippen LogP contribution >= 0.6 is 15.2 Å². The maximum Gasteiger partial charge on any atom is 0.369 e. The Labute approximate surface area is 77.9 Å². The van der Waals surface area contributed by atoms with Gasteiger partial charge in [0.2, 0.25) is 0 Å². The van der Waals surface area contributed by atoms with Crippen molar-refractivity contribution in [1.29, 1.82) is 0 Å². The zero-order chi connectivity index (χ0) is 13.6. The summed E-state index contributed by atoms with van der Waals surface area (Å²) in [5.41, 5.74) is 4.66. The summed E-state index contributed by atoms with van der Waals surface area (Å²) in [7, 11) is -11.8. The molecular weight excluding hydrogens is 224 g/mol. The molecule has 0 spiro atoms. The summed E-state index contributed by atoms with van der Waals surface area (Å²) in [5, 5.41) is 5.07. The molecule has 8 nitrogen and oxygen atoms in total. The summed E-state index contributed by atoms with van der Waals surface area (Å²) in [6.07, 6.45) is -2.93. The smallest absolute Gasteiger partial charge is 0.367 e. The van der Waals surface area contributed by atoms with Gasteiger partial charge in [-0.05, 0) is 6.50 Å². The molecule has 80 valence electrons. The van der Waals surface area contributed by atoms with Crippen LogP contribution in [0.1, 0.15) is 10.5 Å². The lowest BCUT2D eigenvalue weighted by Crippen LogP contribution is -2.31. The summed E-state index contributed by atoms with van der Waals surface area (Å²) < 4.78 is 42.1. The second-order valence-corrected chi connectivity index (χ2v) is 5.98. The molecule has 10 heteroatoms. The lowest BCUT2D eigenvalue weighted by Gasteiger charge is -2.28. The normalized spacial score (nSPS) is 21.5. The third-order valence-corrected chi connectivity index (χ3v) is 4.67. The van der Waals surface area contributed by atoms with Crippen LogP contribution in [0.5, 0.6) is 0 Å². The molecule has 1 atom stereocenters. The van der Waals surface area contributed by atoms with E-state index in [4.69, 9.17) is 23.7 Å².